The second-order valence-corrected chi connectivity index (χ2v) is 6.82. The molecular formula is C18H27NO. The van der Waals surface area contributed by atoms with Crippen molar-refractivity contribution in [1.82, 2.24) is 0 Å². The number of anilines is 1. The highest BCUT2D eigenvalue weighted by atomic mass is 16.3. The molecule has 1 aliphatic carbocycles. The first-order valence-electron chi connectivity index (χ1n) is 8.18. The van der Waals surface area contributed by atoms with Crippen molar-refractivity contribution in [1.29, 1.82) is 0 Å². The van der Waals surface area contributed by atoms with Crippen molar-refractivity contribution in [3.05, 3.63) is 29.3 Å². The quantitative estimate of drug-likeness (QED) is 0.879. The first kappa shape index (κ1) is 13.9. The molecule has 1 N–H and O–H groups in total. The fraction of sp³-hybridized carbons (Fsp3) is 0.667. The van der Waals surface area contributed by atoms with Gasteiger partial charge in [0.25, 0.3) is 0 Å². The largest absolute Gasteiger partial charge is 0.392 e. The maximum atomic E-state index is 9.27. The van der Waals surface area contributed by atoms with Gasteiger partial charge in [0.05, 0.1) is 6.61 Å². The van der Waals surface area contributed by atoms with E-state index in [1.54, 1.807) is 0 Å². The molecule has 0 atom stereocenters. The third-order valence-corrected chi connectivity index (χ3v) is 5.60. The van der Waals surface area contributed by atoms with Crippen LogP contribution in [-0.2, 0) is 6.61 Å². The zero-order chi connectivity index (χ0) is 14.0. The molecule has 0 amide bonds. The average molecular weight is 273 g/mol. The van der Waals surface area contributed by atoms with Crippen molar-refractivity contribution in [3.8, 4) is 0 Å². The summed E-state index contributed by atoms with van der Waals surface area (Å²) in [6, 6.07) is 6.50. The molecule has 110 valence electrons. The Balaban J connectivity index is 1.67. The summed E-state index contributed by atoms with van der Waals surface area (Å²) in [5.74, 6) is 0. The Hall–Kier alpha value is -1.02. The van der Waals surface area contributed by atoms with E-state index in [2.05, 4.69) is 30.0 Å². The predicted molar refractivity (Wildman–Crippen MR) is 84.1 cm³/mol. The summed E-state index contributed by atoms with van der Waals surface area (Å²) < 4.78 is 0. The monoisotopic (exact) mass is 273 g/mol. The Kier molecular flexibility index (Phi) is 4.02. The number of piperidine rings is 1. The highest BCUT2D eigenvalue weighted by Gasteiger charge is 2.35. The number of nitrogens with zero attached hydrogens (tertiary/aromatic N) is 1. The first-order chi connectivity index (χ1) is 9.72. The smallest absolute Gasteiger partial charge is 0.0684 e. The van der Waals surface area contributed by atoms with Gasteiger partial charge in [0.2, 0.25) is 0 Å². The minimum absolute atomic E-state index is 0.148. The fourth-order valence-corrected chi connectivity index (χ4v) is 4.10. The third kappa shape index (κ3) is 2.71. The van der Waals surface area contributed by atoms with Gasteiger partial charge in [-0.2, -0.15) is 0 Å². The lowest BCUT2D eigenvalue weighted by atomic mass is 9.68. The molecular weight excluding hydrogens is 246 g/mol. The molecule has 1 saturated carbocycles. The van der Waals surface area contributed by atoms with Gasteiger partial charge in [0, 0.05) is 18.8 Å². The molecule has 3 rings (SSSR count). The van der Waals surface area contributed by atoms with E-state index in [4.69, 9.17) is 0 Å². The van der Waals surface area contributed by atoms with Gasteiger partial charge in [0.15, 0.2) is 0 Å². The number of rotatable bonds is 2. The van der Waals surface area contributed by atoms with Crippen LogP contribution >= 0.6 is 0 Å². The molecule has 20 heavy (non-hydrogen) atoms. The van der Waals surface area contributed by atoms with Crippen LogP contribution in [0.15, 0.2) is 18.2 Å². The van der Waals surface area contributed by atoms with Crippen molar-refractivity contribution in [2.75, 3.05) is 18.0 Å². The number of hydrogen-bond donors (Lipinski definition) is 1. The number of aliphatic hydroxyl groups is 1. The van der Waals surface area contributed by atoms with Crippen LogP contribution in [0.2, 0.25) is 0 Å². The zero-order valence-corrected chi connectivity index (χ0v) is 12.7. The molecule has 1 heterocycles. The standard InChI is InChI=1S/C18H27NO/c1-15-13-17(6-5-16(15)14-20)19-11-9-18(10-12-19)7-3-2-4-8-18/h5-6,13,20H,2-4,7-12,14H2,1H3. The first-order valence-corrected chi connectivity index (χ1v) is 8.18. The topological polar surface area (TPSA) is 23.5 Å². The van der Waals surface area contributed by atoms with Gasteiger partial charge in [-0.3, -0.25) is 0 Å². The highest BCUT2D eigenvalue weighted by molar-refractivity contribution is 5.51. The molecule has 0 radical (unpaired) electrons. The van der Waals surface area contributed by atoms with E-state index in [9.17, 15) is 5.11 Å². The number of aryl methyl sites for hydroxylation is 1. The predicted octanol–water partition coefficient (Wildman–Crippen LogP) is 4.04. The van der Waals surface area contributed by atoms with E-state index in [0.29, 0.717) is 5.41 Å². The van der Waals surface area contributed by atoms with Crippen molar-refractivity contribution < 1.29 is 5.11 Å². The number of hydrogen-bond acceptors (Lipinski definition) is 2. The van der Waals surface area contributed by atoms with Crippen molar-refractivity contribution in [2.45, 2.75) is 58.5 Å². The van der Waals surface area contributed by atoms with Crippen LogP contribution in [0.1, 0.15) is 56.1 Å². The van der Waals surface area contributed by atoms with Gasteiger partial charge < -0.3 is 10.0 Å². The Morgan fingerprint density at radius 3 is 2.35 bits per heavy atom. The normalized spacial score (nSPS) is 22.2. The lowest BCUT2D eigenvalue weighted by Gasteiger charge is -2.45. The van der Waals surface area contributed by atoms with Crippen LogP contribution in [0.5, 0.6) is 0 Å². The molecule has 2 heteroatoms. The molecule has 1 saturated heterocycles. The molecule has 2 nitrogen and oxygen atoms in total. The second kappa shape index (κ2) is 5.77. The Morgan fingerprint density at radius 1 is 1.05 bits per heavy atom. The van der Waals surface area contributed by atoms with E-state index in [1.165, 1.54) is 69.3 Å². The lowest BCUT2D eigenvalue weighted by Crippen LogP contribution is -2.41. The summed E-state index contributed by atoms with van der Waals surface area (Å²) in [4.78, 5) is 2.54. The van der Waals surface area contributed by atoms with Crippen molar-refractivity contribution in [2.24, 2.45) is 5.41 Å². The van der Waals surface area contributed by atoms with Crippen LogP contribution in [0, 0.1) is 12.3 Å². The molecule has 1 aromatic carbocycles. The number of aliphatic hydroxyl groups excluding tert-OH is 1. The third-order valence-electron chi connectivity index (χ3n) is 5.60. The maximum absolute atomic E-state index is 9.27. The van der Waals surface area contributed by atoms with Gasteiger partial charge >= 0.3 is 0 Å². The van der Waals surface area contributed by atoms with Crippen LogP contribution < -0.4 is 4.90 Å². The van der Waals surface area contributed by atoms with E-state index >= 15 is 0 Å². The van der Waals surface area contributed by atoms with Gasteiger partial charge in [-0.1, -0.05) is 25.3 Å². The highest BCUT2D eigenvalue weighted by Crippen LogP contribution is 2.45. The van der Waals surface area contributed by atoms with Crippen LogP contribution in [0.4, 0.5) is 5.69 Å². The molecule has 1 aliphatic heterocycles. The molecule has 0 unspecified atom stereocenters. The molecule has 1 aromatic rings. The molecule has 0 bridgehead atoms. The summed E-state index contributed by atoms with van der Waals surface area (Å²) in [7, 11) is 0. The van der Waals surface area contributed by atoms with Crippen molar-refractivity contribution in [3.63, 3.8) is 0 Å². The summed E-state index contributed by atoms with van der Waals surface area (Å²) in [6.07, 6.45) is 10.0. The Bertz CT molecular complexity index is 452. The van der Waals surface area contributed by atoms with E-state index in [0.717, 1.165) is 5.56 Å². The number of benzene rings is 1. The van der Waals surface area contributed by atoms with Gasteiger partial charge in [-0.15, -0.1) is 0 Å². The van der Waals surface area contributed by atoms with Gasteiger partial charge in [-0.05, 0) is 61.3 Å². The van der Waals surface area contributed by atoms with Gasteiger partial charge in [0.1, 0.15) is 0 Å². The fourth-order valence-electron chi connectivity index (χ4n) is 4.10. The molecule has 2 fully saturated rings. The zero-order valence-electron chi connectivity index (χ0n) is 12.7. The van der Waals surface area contributed by atoms with Gasteiger partial charge in [-0.25, -0.2) is 0 Å². The van der Waals surface area contributed by atoms with E-state index in [-0.39, 0.29) is 6.61 Å². The van der Waals surface area contributed by atoms with Crippen LogP contribution in [-0.4, -0.2) is 18.2 Å². The minimum atomic E-state index is 0.148. The Labute approximate surface area is 122 Å². The second-order valence-electron chi connectivity index (χ2n) is 6.82. The van der Waals surface area contributed by atoms with E-state index < -0.39 is 0 Å². The van der Waals surface area contributed by atoms with Crippen LogP contribution in [0.3, 0.4) is 0 Å². The molecule has 0 aromatic heterocycles. The minimum Gasteiger partial charge on any atom is -0.392 e. The summed E-state index contributed by atoms with van der Waals surface area (Å²) >= 11 is 0. The summed E-state index contributed by atoms with van der Waals surface area (Å²) in [5.41, 5.74) is 4.28. The molecule has 1 spiro atoms. The molecule has 2 aliphatic rings. The summed E-state index contributed by atoms with van der Waals surface area (Å²) in [5, 5.41) is 9.27. The average Bonchev–Trinajstić information content (AvgIpc) is 2.49. The Morgan fingerprint density at radius 2 is 1.75 bits per heavy atom. The SMILES string of the molecule is Cc1cc(N2CCC3(CCCCC3)CC2)ccc1CO. The maximum Gasteiger partial charge on any atom is 0.0684 e. The van der Waals surface area contributed by atoms with Crippen LogP contribution in [0.25, 0.3) is 0 Å². The summed E-state index contributed by atoms with van der Waals surface area (Å²) in [6.45, 7) is 4.66. The lowest BCUT2D eigenvalue weighted by molar-refractivity contribution is 0.144. The van der Waals surface area contributed by atoms with Crippen molar-refractivity contribution >= 4 is 5.69 Å². The van der Waals surface area contributed by atoms with E-state index in [1.807, 2.05) is 0 Å².